The molecule has 0 unspecified atom stereocenters. The normalized spacial score (nSPS) is 19.3. The number of β-lactam (4-membered cyclic amide) rings is 1. The van der Waals surface area contributed by atoms with Gasteiger partial charge in [-0.2, -0.15) is 8.42 Å². The number of Topliss-reactive ketones (excluding diaryl/α,β-unsaturated/α-hetero) is 1. The Hall–Kier alpha value is -3.44. The van der Waals surface area contributed by atoms with E-state index in [0.717, 1.165) is 11.3 Å². The molecule has 1 aliphatic rings. The predicted octanol–water partition coefficient (Wildman–Crippen LogP) is -0.810. The summed E-state index contributed by atoms with van der Waals surface area (Å²) in [7, 11) is -4.88. The Balaban J connectivity index is 1.88. The Kier molecular flexibility index (Phi) is 6.48. The summed E-state index contributed by atoms with van der Waals surface area (Å²) in [6.45, 7) is 2.26. The molecule has 1 aliphatic heterocycles. The van der Waals surface area contributed by atoms with Gasteiger partial charge in [0.1, 0.15) is 5.69 Å². The van der Waals surface area contributed by atoms with Gasteiger partial charge < -0.3 is 15.7 Å². The van der Waals surface area contributed by atoms with Gasteiger partial charge in [-0.15, -0.1) is 16.4 Å². The lowest BCUT2D eigenvalue weighted by atomic mass is 9.84. The monoisotopic (exact) mass is 501 g/mol. The first-order chi connectivity index (χ1) is 15.3. The molecule has 2 aromatic rings. The van der Waals surface area contributed by atoms with Crippen LogP contribution in [0.15, 0.2) is 22.9 Å². The Bertz CT molecular complexity index is 1210. The van der Waals surface area contributed by atoms with Crippen LogP contribution in [-0.2, 0) is 36.1 Å². The van der Waals surface area contributed by atoms with Gasteiger partial charge in [0.2, 0.25) is 11.5 Å². The highest BCUT2D eigenvalue weighted by molar-refractivity contribution is 7.84. The molecular weight excluding hydrogens is 482 g/mol. The number of carboxylic acid groups (broad SMARTS) is 1. The number of nitrogen functional groups attached to an aromatic ring is 1. The second-order valence-corrected chi connectivity index (χ2v) is 9.63. The van der Waals surface area contributed by atoms with Gasteiger partial charge >= 0.3 is 16.3 Å². The fourth-order valence-corrected chi connectivity index (χ4v) is 4.40. The van der Waals surface area contributed by atoms with E-state index < -0.39 is 57.7 Å². The van der Waals surface area contributed by atoms with Gasteiger partial charge in [0, 0.05) is 18.0 Å². The maximum Gasteiger partial charge on any atom is 0.362 e. The topological polar surface area (TPSA) is 220 Å². The number of aliphatic carboxylic acids is 1. The van der Waals surface area contributed by atoms with Gasteiger partial charge in [-0.3, -0.25) is 18.8 Å². The third kappa shape index (κ3) is 5.15. The summed E-state index contributed by atoms with van der Waals surface area (Å²) < 4.78 is 34.2. The Morgan fingerprint density at radius 2 is 2.09 bits per heavy atom. The van der Waals surface area contributed by atoms with Crippen molar-refractivity contribution in [3.8, 4) is 0 Å². The number of hydrogen-bond donors (Lipinski definition) is 3. The minimum absolute atomic E-state index is 0.00470. The molecule has 0 aliphatic carbocycles. The Morgan fingerprint density at radius 1 is 1.39 bits per heavy atom. The summed E-state index contributed by atoms with van der Waals surface area (Å²) in [5.41, 5.74) is 3.43. The van der Waals surface area contributed by atoms with Gasteiger partial charge in [0.15, 0.2) is 16.6 Å². The number of nitrogens with two attached hydrogens (primary N) is 1. The Labute approximate surface area is 190 Å². The van der Waals surface area contributed by atoms with Crippen molar-refractivity contribution in [2.24, 2.45) is 11.1 Å². The second-order valence-electron chi connectivity index (χ2n) is 7.46. The summed E-state index contributed by atoms with van der Waals surface area (Å²) in [5, 5.41) is 21.6. The van der Waals surface area contributed by atoms with Gasteiger partial charge in [-0.25, -0.2) is 14.1 Å². The molecule has 3 heterocycles. The van der Waals surface area contributed by atoms with Crippen LogP contribution in [0.25, 0.3) is 0 Å². The first-order valence-corrected chi connectivity index (χ1v) is 11.5. The number of oxime groups is 1. The quantitative estimate of drug-likeness (QED) is 0.157. The maximum absolute atomic E-state index is 13.0. The van der Waals surface area contributed by atoms with E-state index in [-0.39, 0.29) is 21.7 Å². The van der Waals surface area contributed by atoms with Crippen molar-refractivity contribution in [1.82, 2.24) is 24.3 Å². The van der Waals surface area contributed by atoms with Crippen LogP contribution in [0.3, 0.4) is 0 Å². The van der Waals surface area contributed by atoms with Crippen LogP contribution in [0.1, 0.15) is 26.0 Å². The number of carbonyl (C=O) groups is 3. The van der Waals surface area contributed by atoms with Crippen LogP contribution in [0.5, 0.6) is 0 Å². The molecule has 0 bridgehead atoms. The fraction of sp³-hybridized carbons (Fsp3) is 0.438. The highest BCUT2D eigenvalue weighted by atomic mass is 32.2. The van der Waals surface area contributed by atoms with Crippen molar-refractivity contribution >= 4 is 50.1 Å². The molecule has 15 nitrogen and oxygen atoms in total. The highest BCUT2D eigenvalue weighted by Crippen LogP contribution is 2.33. The zero-order chi connectivity index (χ0) is 24.6. The van der Waals surface area contributed by atoms with E-state index in [1.54, 1.807) is 0 Å². The lowest BCUT2D eigenvalue weighted by molar-refractivity contribution is -0.161. The molecule has 0 aromatic carbocycles. The molecule has 178 valence electrons. The molecule has 17 heteroatoms. The number of thiazole rings is 1. The molecule has 33 heavy (non-hydrogen) atoms. The van der Waals surface area contributed by atoms with Crippen LogP contribution in [0, 0.1) is 5.92 Å². The SMILES string of the molecule is CC(C)(O/N=C(\C(=O)C[C@@H]1C(=O)N(S(=O)(=O)O)[C@@H]1Cn1ccnn1)c1csc(N)n1)C(=O)O. The average molecular weight is 502 g/mol. The number of rotatable bonds is 10. The first-order valence-electron chi connectivity index (χ1n) is 9.20. The molecule has 2 aromatic heterocycles. The first kappa shape index (κ1) is 24.2. The predicted molar refractivity (Wildman–Crippen MR) is 111 cm³/mol. The lowest BCUT2D eigenvalue weighted by Gasteiger charge is -2.43. The third-order valence-corrected chi connectivity index (χ3v) is 6.33. The number of amides is 1. The molecule has 1 fully saturated rings. The molecule has 4 N–H and O–H groups in total. The number of ketones is 1. The van der Waals surface area contributed by atoms with Crippen LogP contribution in [-0.4, -0.2) is 77.4 Å². The van der Waals surface area contributed by atoms with E-state index in [4.69, 9.17) is 10.6 Å². The van der Waals surface area contributed by atoms with E-state index in [1.807, 2.05) is 0 Å². The van der Waals surface area contributed by atoms with E-state index in [0.29, 0.717) is 0 Å². The van der Waals surface area contributed by atoms with Crippen molar-refractivity contribution < 1.29 is 37.3 Å². The zero-order valence-corrected chi connectivity index (χ0v) is 18.9. The van der Waals surface area contributed by atoms with Gasteiger partial charge in [0.05, 0.1) is 24.7 Å². The molecule has 0 saturated carbocycles. The number of nitrogens with zero attached hydrogens (tertiary/aromatic N) is 6. The zero-order valence-electron chi connectivity index (χ0n) is 17.2. The van der Waals surface area contributed by atoms with Crippen molar-refractivity contribution in [3.05, 3.63) is 23.5 Å². The van der Waals surface area contributed by atoms with E-state index in [1.165, 1.54) is 36.3 Å². The van der Waals surface area contributed by atoms with Crippen LogP contribution in [0.2, 0.25) is 0 Å². The van der Waals surface area contributed by atoms with Crippen molar-refractivity contribution in [3.63, 3.8) is 0 Å². The molecule has 0 radical (unpaired) electrons. The lowest BCUT2D eigenvalue weighted by Crippen LogP contribution is -2.64. The molecule has 0 spiro atoms. The summed E-state index contributed by atoms with van der Waals surface area (Å²) in [6.07, 6.45) is 2.21. The average Bonchev–Trinajstić information content (AvgIpc) is 3.36. The molecule has 2 atom stereocenters. The number of carboxylic acids is 1. The molecule has 1 saturated heterocycles. The summed E-state index contributed by atoms with van der Waals surface area (Å²) >= 11 is 0.992. The summed E-state index contributed by atoms with van der Waals surface area (Å²) in [5.74, 6) is -4.28. The highest BCUT2D eigenvalue weighted by Gasteiger charge is 2.54. The van der Waals surface area contributed by atoms with Crippen molar-refractivity contribution in [2.45, 2.75) is 38.5 Å². The van der Waals surface area contributed by atoms with Gasteiger partial charge in [-0.05, 0) is 13.8 Å². The smallest absolute Gasteiger partial charge is 0.362 e. The second kappa shape index (κ2) is 8.83. The minimum atomic E-state index is -4.88. The Morgan fingerprint density at radius 3 is 2.61 bits per heavy atom. The largest absolute Gasteiger partial charge is 0.478 e. The molecular formula is C16H19N7O8S2. The standard InChI is InChI=1S/C16H19N7O8S2/c1-16(2,14(26)27)31-20-12(9-7-32-15(17)19-9)11(24)5-8-10(6-22-4-3-18-21-22)23(13(8)25)33(28,29)30/h3-4,7-8,10H,5-6H2,1-2H3,(H2,17,19)(H,26,27)(H,28,29,30)/b20-12-/t8-,10+/m0/s1. The maximum atomic E-state index is 13.0. The van der Waals surface area contributed by atoms with E-state index in [9.17, 15) is 32.5 Å². The number of hydrogen-bond acceptors (Lipinski definition) is 12. The fourth-order valence-electron chi connectivity index (χ4n) is 2.94. The van der Waals surface area contributed by atoms with Crippen molar-refractivity contribution in [1.29, 1.82) is 0 Å². The molecule has 3 rings (SSSR count). The molecule has 1 amide bonds. The van der Waals surface area contributed by atoms with E-state index >= 15 is 0 Å². The minimum Gasteiger partial charge on any atom is -0.478 e. The van der Waals surface area contributed by atoms with Gasteiger partial charge in [0.25, 0.3) is 0 Å². The van der Waals surface area contributed by atoms with Crippen LogP contribution in [0.4, 0.5) is 5.13 Å². The van der Waals surface area contributed by atoms with Gasteiger partial charge in [-0.1, -0.05) is 10.4 Å². The van der Waals surface area contributed by atoms with E-state index in [2.05, 4.69) is 20.5 Å². The summed E-state index contributed by atoms with van der Waals surface area (Å²) in [6, 6.07) is -1.13. The summed E-state index contributed by atoms with van der Waals surface area (Å²) in [4.78, 5) is 45.8. The van der Waals surface area contributed by atoms with Crippen molar-refractivity contribution in [2.75, 3.05) is 5.73 Å². The number of anilines is 1. The van der Waals surface area contributed by atoms with Crippen LogP contribution < -0.4 is 5.73 Å². The van der Waals surface area contributed by atoms with Crippen LogP contribution >= 0.6 is 11.3 Å². The third-order valence-electron chi connectivity index (χ3n) is 4.71. The number of aromatic nitrogens is 4. The number of carbonyl (C=O) groups excluding carboxylic acids is 2.